The molecule has 0 saturated carbocycles. The van der Waals surface area contributed by atoms with Crippen molar-refractivity contribution in [3.8, 4) is 0 Å². The lowest BCUT2D eigenvalue weighted by atomic mass is 9.90. The van der Waals surface area contributed by atoms with Gasteiger partial charge in [-0.05, 0) is 17.0 Å². The molecule has 1 aliphatic heterocycles. The summed E-state index contributed by atoms with van der Waals surface area (Å²) in [5.74, 6) is -1.07. The molecule has 0 aromatic heterocycles. The molecule has 1 heterocycles. The second-order valence-corrected chi connectivity index (χ2v) is 7.00. The van der Waals surface area contributed by atoms with Gasteiger partial charge in [0.05, 0.1) is 18.2 Å². The molecule has 25 heavy (non-hydrogen) atoms. The highest BCUT2D eigenvalue weighted by Crippen LogP contribution is 2.38. The van der Waals surface area contributed by atoms with Crippen LogP contribution in [0, 0.1) is 5.92 Å². The molecule has 1 aromatic carbocycles. The second kappa shape index (κ2) is 7.83. The van der Waals surface area contributed by atoms with Crippen molar-refractivity contribution in [2.75, 3.05) is 20.3 Å². The van der Waals surface area contributed by atoms with E-state index < -0.39 is 17.7 Å². The van der Waals surface area contributed by atoms with Gasteiger partial charge >= 0.3 is 0 Å². The zero-order valence-electron chi connectivity index (χ0n) is 15.6. The van der Waals surface area contributed by atoms with E-state index in [4.69, 9.17) is 4.74 Å². The molecular weight excluding hydrogens is 318 g/mol. The van der Waals surface area contributed by atoms with Crippen molar-refractivity contribution >= 4 is 11.7 Å². The first-order valence-electron chi connectivity index (χ1n) is 8.66. The van der Waals surface area contributed by atoms with Crippen molar-refractivity contribution in [2.24, 2.45) is 5.92 Å². The Morgan fingerprint density at radius 2 is 1.80 bits per heavy atom. The van der Waals surface area contributed by atoms with Gasteiger partial charge in [-0.15, -0.1) is 0 Å². The summed E-state index contributed by atoms with van der Waals surface area (Å²) in [4.78, 5) is 26.7. The maximum Gasteiger partial charge on any atom is 0.290 e. The molecule has 5 nitrogen and oxygen atoms in total. The van der Waals surface area contributed by atoms with Crippen molar-refractivity contribution in [3.05, 3.63) is 46.7 Å². The van der Waals surface area contributed by atoms with E-state index in [1.54, 1.807) is 21.0 Å². The first-order valence-corrected chi connectivity index (χ1v) is 8.66. The average molecular weight is 345 g/mol. The topological polar surface area (TPSA) is 66.8 Å². The number of methoxy groups -OCH3 is 1. The average Bonchev–Trinajstić information content (AvgIpc) is 2.83. The van der Waals surface area contributed by atoms with Crippen molar-refractivity contribution < 1.29 is 19.4 Å². The molecule has 0 bridgehead atoms. The van der Waals surface area contributed by atoms with Gasteiger partial charge in [0.25, 0.3) is 5.91 Å². The third-order valence-corrected chi connectivity index (χ3v) is 4.55. The number of aliphatic hydroxyl groups is 1. The van der Waals surface area contributed by atoms with E-state index in [1.807, 2.05) is 24.3 Å². The van der Waals surface area contributed by atoms with Crippen LogP contribution in [0.1, 0.15) is 50.8 Å². The predicted molar refractivity (Wildman–Crippen MR) is 96.4 cm³/mol. The van der Waals surface area contributed by atoms with Crippen LogP contribution in [0.15, 0.2) is 35.6 Å². The van der Waals surface area contributed by atoms with Crippen molar-refractivity contribution in [2.45, 2.75) is 39.7 Å². The van der Waals surface area contributed by atoms with Crippen LogP contribution in [0.2, 0.25) is 0 Å². The molecule has 0 radical (unpaired) electrons. The van der Waals surface area contributed by atoms with E-state index in [0.717, 1.165) is 5.56 Å². The highest BCUT2D eigenvalue weighted by Gasteiger charge is 2.43. The number of nitrogens with zero attached hydrogens (tertiary/aromatic N) is 1. The van der Waals surface area contributed by atoms with Crippen LogP contribution >= 0.6 is 0 Å². The Kier molecular flexibility index (Phi) is 6.01. The van der Waals surface area contributed by atoms with E-state index in [9.17, 15) is 14.7 Å². The largest absolute Gasteiger partial charge is 0.503 e. The fraction of sp³-hybridized carbons (Fsp3) is 0.500. The number of aliphatic hydroxyl groups excluding tert-OH is 1. The number of amides is 1. The first-order chi connectivity index (χ1) is 11.8. The Hall–Kier alpha value is -2.14. The van der Waals surface area contributed by atoms with Gasteiger partial charge in [0.1, 0.15) is 0 Å². The lowest BCUT2D eigenvalue weighted by Crippen LogP contribution is -2.34. The van der Waals surface area contributed by atoms with E-state index in [2.05, 4.69) is 13.8 Å². The van der Waals surface area contributed by atoms with Gasteiger partial charge in [0.2, 0.25) is 0 Å². The number of rotatable bonds is 7. The summed E-state index contributed by atoms with van der Waals surface area (Å²) in [5.41, 5.74) is 2.19. The molecule has 1 unspecified atom stereocenters. The number of Topliss-reactive ketones (excluding diaryl/α,β-unsaturated/α-hetero) is 1. The summed E-state index contributed by atoms with van der Waals surface area (Å²) < 4.78 is 5.09. The second-order valence-electron chi connectivity index (χ2n) is 7.00. The molecule has 0 aliphatic carbocycles. The smallest absolute Gasteiger partial charge is 0.290 e. The Bertz CT molecular complexity index is 673. The van der Waals surface area contributed by atoms with E-state index >= 15 is 0 Å². The van der Waals surface area contributed by atoms with Gasteiger partial charge in [-0.2, -0.15) is 0 Å². The van der Waals surface area contributed by atoms with Crippen LogP contribution < -0.4 is 0 Å². The number of benzene rings is 1. The van der Waals surface area contributed by atoms with Crippen molar-refractivity contribution in [1.82, 2.24) is 4.90 Å². The van der Waals surface area contributed by atoms with Gasteiger partial charge in [-0.3, -0.25) is 9.59 Å². The minimum absolute atomic E-state index is 0.188. The van der Waals surface area contributed by atoms with Gasteiger partial charge in [-0.1, -0.05) is 52.0 Å². The fourth-order valence-corrected chi connectivity index (χ4v) is 3.05. The SMILES string of the molecule is COCCN1C(=O)C(O)=C(C(=O)C(C)C)C1c1ccc(C(C)C)cc1. The normalized spacial score (nSPS) is 18.0. The number of hydrogen-bond donors (Lipinski definition) is 1. The minimum Gasteiger partial charge on any atom is -0.503 e. The Morgan fingerprint density at radius 1 is 1.20 bits per heavy atom. The zero-order valence-corrected chi connectivity index (χ0v) is 15.6. The molecule has 2 rings (SSSR count). The molecule has 1 aromatic rings. The maximum absolute atomic E-state index is 12.7. The number of ether oxygens (including phenoxy) is 1. The summed E-state index contributed by atoms with van der Waals surface area (Å²) in [5, 5.41) is 10.3. The highest BCUT2D eigenvalue weighted by molar-refractivity contribution is 6.09. The molecule has 136 valence electrons. The third kappa shape index (κ3) is 3.76. The molecule has 5 heteroatoms. The Morgan fingerprint density at radius 3 is 2.28 bits per heavy atom. The van der Waals surface area contributed by atoms with Crippen LogP contribution in [0.5, 0.6) is 0 Å². The molecule has 1 amide bonds. The standard InChI is InChI=1S/C20H27NO4/c1-12(2)14-6-8-15(9-7-14)17-16(18(22)13(3)4)19(23)20(24)21(17)10-11-25-5/h6-9,12-13,17,23H,10-11H2,1-5H3. The highest BCUT2D eigenvalue weighted by atomic mass is 16.5. The van der Waals surface area contributed by atoms with Gasteiger partial charge in [0.15, 0.2) is 11.5 Å². The summed E-state index contributed by atoms with van der Waals surface area (Å²) in [7, 11) is 1.56. The lowest BCUT2D eigenvalue weighted by Gasteiger charge is -2.27. The third-order valence-electron chi connectivity index (χ3n) is 4.55. The fourth-order valence-electron chi connectivity index (χ4n) is 3.05. The van der Waals surface area contributed by atoms with Crippen LogP contribution in [-0.4, -0.2) is 42.0 Å². The van der Waals surface area contributed by atoms with Gasteiger partial charge in [0, 0.05) is 19.6 Å². The van der Waals surface area contributed by atoms with Crippen LogP contribution in [0.25, 0.3) is 0 Å². The maximum atomic E-state index is 12.7. The predicted octanol–water partition coefficient (Wildman–Crippen LogP) is 3.38. The van der Waals surface area contributed by atoms with Gasteiger partial charge in [-0.25, -0.2) is 0 Å². The van der Waals surface area contributed by atoms with E-state index in [1.165, 1.54) is 10.5 Å². The van der Waals surface area contributed by atoms with Crippen molar-refractivity contribution in [1.29, 1.82) is 0 Å². The number of carbonyl (C=O) groups is 2. The van der Waals surface area contributed by atoms with Crippen LogP contribution in [0.4, 0.5) is 0 Å². The zero-order chi connectivity index (χ0) is 18.7. The number of hydrogen-bond acceptors (Lipinski definition) is 4. The monoisotopic (exact) mass is 345 g/mol. The summed E-state index contributed by atoms with van der Waals surface area (Å²) in [6.07, 6.45) is 0. The first kappa shape index (κ1) is 19.2. The quantitative estimate of drug-likeness (QED) is 0.823. The minimum atomic E-state index is -0.571. The molecule has 1 aliphatic rings. The molecule has 0 fully saturated rings. The lowest BCUT2D eigenvalue weighted by molar-refractivity contribution is -0.130. The van der Waals surface area contributed by atoms with Crippen LogP contribution in [0.3, 0.4) is 0 Å². The van der Waals surface area contributed by atoms with Gasteiger partial charge < -0.3 is 14.7 Å². The molecule has 0 saturated heterocycles. The molecule has 1 atom stereocenters. The number of carbonyl (C=O) groups excluding carboxylic acids is 2. The Labute approximate surface area is 149 Å². The number of ketones is 1. The molecular formula is C20H27NO4. The van der Waals surface area contributed by atoms with E-state index in [-0.39, 0.29) is 17.3 Å². The summed E-state index contributed by atoms with van der Waals surface area (Å²) in [6.45, 7) is 8.40. The van der Waals surface area contributed by atoms with Crippen LogP contribution in [-0.2, 0) is 14.3 Å². The summed E-state index contributed by atoms with van der Waals surface area (Å²) >= 11 is 0. The Balaban J connectivity index is 2.48. The molecule has 0 spiro atoms. The van der Waals surface area contributed by atoms with Crippen molar-refractivity contribution in [3.63, 3.8) is 0 Å². The molecule has 1 N–H and O–H groups in total. The summed E-state index contributed by atoms with van der Waals surface area (Å²) in [6, 6.07) is 7.30. The van der Waals surface area contributed by atoms with E-state index in [0.29, 0.717) is 19.1 Å².